The van der Waals surface area contributed by atoms with Crippen LogP contribution in [0.15, 0.2) is 63.6 Å². The molecule has 1 aliphatic rings. The summed E-state index contributed by atoms with van der Waals surface area (Å²) in [6.45, 7) is -3.62. The van der Waals surface area contributed by atoms with Crippen molar-refractivity contribution in [2.45, 2.75) is 19.1 Å². The van der Waals surface area contributed by atoms with Crippen LogP contribution in [0.25, 0.3) is 0 Å². The molecule has 1 unspecified atom stereocenters. The lowest BCUT2D eigenvalue weighted by atomic mass is 10.1. The molecule has 1 aliphatic heterocycles. The maximum Gasteiger partial charge on any atom is 0.387 e. The number of carbonyl (C=O) groups is 2. The van der Waals surface area contributed by atoms with Crippen molar-refractivity contribution in [2.75, 3.05) is 13.7 Å². The summed E-state index contributed by atoms with van der Waals surface area (Å²) in [7, 11) is 1.25. The maximum atomic E-state index is 12.9. The molecule has 172 valence electrons. The molecule has 0 aliphatic carbocycles. The summed E-state index contributed by atoms with van der Waals surface area (Å²) in [6.07, 6.45) is 1.96. The molecule has 1 aromatic carbocycles. The molecule has 0 saturated heterocycles. The summed E-state index contributed by atoms with van der Waals surface area (Å²) in [5.74, 6) is -1.11. The number of esters is 1. The Labute approximate surface area is 191 Å². The van der Waals surface area contributed by atoms with Crippen LogP contribution in [0.2, 0.25) is 0 Å². The fraction of sp³-hybridized carbons (Fsp3) is 0.227. The van der Waals surface area contributed by atoms with Crippen molar-refractivity contribution in [3.05, 3.63) is 70.3 Å². The lowest BCUT2D eigenvalue weighted by Crippen LogP contribution is -2.31. The van der Waals surface area contributed by atoms with Gasteiger partial charge in [0.2, 0.25) is 0 Å². The Hall–Kier alpha value is -3.73. The SMILES string of the molecule is COc1cc(C(=O)OCC(=O)N2N=C(c3cccs3)CC2c2ccco2)ccc1OC(F)F. The average Bonchev–Trinajstić information content (AvgIpc) is 3.57. The minimum absolute atomic E-state index is 0.00745. The number of benzene rings is 1. The summed E-state index contributed by atoms with van der Waals surface area (Å²) in [4.78, 5) is 26.2. The number of nitrogens with zero attached hydrogens (tertiary/aromatic N) is 2. The molecule has 33 heavy (non-hydrogen) atoms. The molecule has 1 atom stereocenters. The van der Waals surface area contributed by atoms with E-state index in [1.54, 1.807) is 12.1 Å². The number of amides is 1. The van der Waals surface area contributed by atoms with Crippen molar-refractivity contribution in [1.82, 2.24) is 5.01 Å². The number of hydrogen-bond acceptors (Lipinski definition) is 8. The molecule has 0 saturated carbocycles. The van der Waals surface area contributed by atoms with Crippen LogP contribution in [0.5, 0.6) is 11.5 Å². The molecule has 3 heterocycles. The van der Waals surface area contributed by atoms with Gasteiger partial charge in [-0.25, -0.2) is 9.80 Å². The van der Waals surface area contributed by atoms with E-state index in [9.17, 15) is 18.4 Å². The first-order valence-electron chi connectivity index (χ1n) is 9.73. The molecule has 1 amide bonds. The van der Waals surface area contributed by atoms with Crippen molar-refractivity contribution >= 4 is 28.9 Å². The highest BCUT2D eigenvalue weighted by Gasteiger charge is 2.35. The Kier molecular flexibility index (Phi) is 6.68. The Morgan fingerprint density at radius 1 is 1.24 bits per heavy atom. The average molecular weight is 476 g/mol. The molecular formula is C22H18F2N2O6S. The van der Waals surface area contributed by atoms with Gasteiger partial charge in [-0.05, 0) is 41.8 Å². The number of methoxy groups -OCH3 is 1. The molecule has 0 spiro atoms. The number of hydrazone groups is 1. The summed E-state index contributed by atoms with van der Waals surface area (Å²) in [5, 5.41) is 7.60. The first-order valence-corrected chi connectivity index (χ1v) is 10.6. The highest BCUT2D eigenvalue weighted by Crippen LogP contribution is 2.34. The van der Waals surface area contributed by atoms with Crippen molar-refractivity contribution < 1.29 is 37.0 Å². The van der Waals surface area contributed by atoms with E-state index in [4.69, 9.17) is 13.9 Å². The van der Waals surface area contributed by atoms with E-state index in [-0.39, 0.29) is 17.1 Å². The van der Waals surface area contributed by atoms with Gasteiger partial charge in [0, 0.05) is 6.42 Å². The van der Waals surface area contributed by atoms with Crippen LogP contribution in [-0.4, -0.2) is 42.9 Å². The topological polar surface area (TPSA) is 90.6 Å². The number of hydrogen-bond donors (Lipinski definition) is 0. The summed E-state index contributed by atoms with van der Waals surface area (Å²) < 4.78 is 44.9. The predicted octanol–water partition coefficient (Wildman–Crippen LogP) is 4.49. The number of thiophene rings is 1. The molecule has 0 N–H and O–H groups in total. The summed E-state index contributed by atoms with van der Waals surface area (Å²) >= 11 is 1.50. The van der Waals surface area contributed by atoms with Crippen molar-refractivity contribution in [2.24, 2.45) is 5.10 Å². The predicted molar refractivity (Wildman–Crippen MR) is 114 cm³/mol. The first kappa shape index (κ1) is 22.5. The van der Waals surface area contributed by atoms with Gasteiger partial charge in [0.25, 0.3) is 5.91 Å². The standard InChI is InChI=1S/C22H18F2N2O6S/c1-29-18-10-13(6-7-17(18)32-22(23)24)21(28)31-12-20(27)26-15(16-4-2-8-30-16)11-14(25-26)19-5-3-9-33-19/h2-10,15,22H,11-12H2,1H3. The van der Waals surface area contributed by atoms with Gasteiger partial charge in [0.1, 0.15) is 11.8 Å². The zero-order valence-corrected chi connectivity index (χ0v) is 18.1. The number of halogens is 2. The van der Waals surface area contributed by atoms with Crippen LogP contribution in [0.3, 0.4) is 0 Å². The zero-order valence-electron chi connectivity index (χ0n) is 17.3. The highest BCUT2D eigenvalue weighted by molar-refractivity contribution is 7.12. The van der Waals surface area contributed by atoms with Crippen LogP contribution in [0.1, 0.15) is 33.5 Å². The molecule has 3 aromatic rings. The first-order chi connectivity index (χ1) is 16.0. The molecule has 0 radical (unpaired) electrons. The fourth-order valence-electron chi connectivity index (χ4n) is 3.30. The van der Waals surface area contributed by atoms with Gasteiger partial charge in [-0.2, -0.15) is 13.9 Å². The van der Waals surface area contributed by atoms with E-state index >= 15 is 0 Å². The molecule has 2 aromatic heterocycles. The fourth-order valence-corrected chi connectivity index (χ4v) is 4.02. The third-order valence-corrected chi connectivity index (χ3v) is 5.70. The number of alkyl halides is 2. The molecular weight excluding hydrogens is 458 g/mol. The summed E-state index contributed by atoms with van der Waals surface area (Å²) in [5.41, 5.74) is 0.735. The Bertz CT molecular complexity index is 1150. The zero-order chi connectivity index (χ0) is 23.4. The van der Waals surface area contributed by atoms with E-state index in [1.165, 1.54) is 41.9 Å². The summed E-state index contributed by atoms with van der Waals surface area (Å²) in [6, 6.07) is 10.4. The second-order valence-electron chi connectivity index (χ2n) is 6.82. The number of carbonyl (C=O) groups excluding carboxylic acids is 2. The minimum atomic E-state index is -3.04. The van der Waals surface area contributed by atoms with Crippen LogP contribution in [0, 0.1) is 0 Å². The van der Waals surface area contributed by atoms with E-state index in [0.717, 1.165) is 16.7 Å². The molecule has 0 fully saturated rings. The van der Waals surface area contributed by atoms with Gasteiger partial charge < -0.3 is 18.6 Å². The van der Waals surface area contributed by atoms with Gasteiger partial charge in [0.15, 0.2) is 18.1 Å². The lowest BCUT2D eigenvalue weighted by molar-refractivity contribution is -0.136. The number of furan rings is 1. The third-order valence-electron chi connectivity index (χ3n) is 4.79. The van der Waals surface area contributed by atoms with E-state index in [0.29, 0.717) is 12.2 Å². The van der Waals surface area contributed by atoms with Gasteiger partial charge in [0.05, 0.1) is 29.5 Å². The Morgan fingerprint density at radius 3 is 2.76 bits per heavy atom. The molecule has 11 heteroatoms. The Morgan fingerprint density at radius 2 is 2.09 bits per heavy atom. The van der Waals surface area contributed by atoms with Gasteiger partial charge in [-0.3, -0.25) is 4.79 Å². The van der Waals surface area contributed by atoms with Gasteiger partial charge >= 0.3 is 12.6 Å². The van der Waals surface area contributed by atoms with Crippen LogP contribution in [0.4, 0.5) is 8.78 Å². The third kappa shape index (κ3) is 5.03. The van der Waals surface area contributed by atoms with Gasteiger partial charge in [-0.15, -0.1) is 11.3 Å². The van der Waals surface area contributed by atoms with Gasteiger partial charge in [-0.1, -0.05) is 6.07 Å². The highest BCUT2D eigenvalue weighted by atomic mass is 32.1. The van der Waals surface area contributed by atoms with E-state index in [2.05, 4.69) is 9.84 Å². The molecule has 4 rings (SSSR count). The smallest absolute Gasteiger partial charge is 0.387 e. The molecule has 0 bridgehead atoms. The van der Waals surface area contributed by atoms with Crippen LogP contribution in [-0.2, 0) is 9.53 Å². The van der Waals surface area contributed by atoms with E-state index in [1.807, 2.05) is 17.5 Å². The molecule has 8 nitrogen and oxygen atoms in total. The quantitative estimate of drug-likeness (QED) is 0.445. The van der Waals surface area contributed by atoms with Crippen molar-refractivity contribution in [1.29, 1.82) is 0 Å². The van der Waals surface area contributed by atoms with Crippen LogP contribution < -0.4 is 9.47 Å². The minimum Gasteiger partial charge on any atom is -0.493 e. The Balaban J connectivity index is 1.46. The second-order valence-corrected chi connectivity index (χ2v) is 7.77. The number of rotatable bonds is 8. The normalized spacial score (nSPS) is 15.5. The van der Waals surface area contributed by atoms with Crippen LogP contribution >= 0.6 is 11.3 Å². The largest absolute Gasteiger partial charge is 0.493 e. The van der Waals surface area contributed by atoms with Crippen molar-refractivity contribution in [3.8, 4) is 11.5 Å². The monoisotopic (exact) mass is 476 g/mol. The second kappa shape index (κ2) is 9.82. The van der Waals surface area contributed by atoms with E-state index < -0.39 is 31.1 Å². The van der Waals surface area contributed by atoms with Crippen molar-refractivity contribution in [3.63, 3.8) is 0 Å². The number of ether oxygens (including phenoxy) is 3. The lowest BCUT2D eigenvalue weighted by Gasteiger charge is -2.19. The maximum absolute atomic E-state index is 12.9.